The molecule has 0 atom stereocenters. The molecule has 0 fully saturated rings. The van der Waals surface area contributed by atoms with Crippen molar-refractivity contribution in [3.63, 3.8) is 0 Å². The number of aliphatic carboxylic acids is 2. The molecule has 1 radical (unpaired) electrons. The first-order valence-corrected chi connectivity index (χ1v) is 5.75. The molecule has 2 aromatic carbocycles. The van der Waals surface area contributed by atoms with Crippen LogP contribution in [0.15, 0.2) is 36.4 Å². The van der Waals surface area contributed by atoms with E-state index in [1.807, 2.05) is 0 Å². The average Bonchev–Trinajstić information content (AvgIpc) is 2.42. The largest absolute Gasteiger partial charge is 2.00 e. The Morgan fingerprint density at radius 1 is 0.655 bits per heavy atom. The average molecular weight is 483 g/mol. The third kappa shape index (κ3) is 14.1. The van der Waals surface area contributed by atoms with Crippen LogP contribution in [-0.4, -0.2) is 36.1 Å². The van der Waals surface area contributed by atoms with Crippen LogP contribution in [0.2, 0.25) is 0 Å². The number of carbonyl (C=O) groups is 2. The van der Waals surface area contributed by atoms with Crippen molar-refractivity contribution in [3.8, 4) is 11.5 Å². The van der Waals surface area contributed by atoms with Gasteiger partial charge in [0.1, 0.15) is 24.7 Å². The van der Waals surface area contributed by atoms with Crippen molar-refractivity contribution in [2.45, 2.75) is 0 Å². The smallest absolute Gasteiger partial charge is 0.546 e. The second-order valence-corrected chi connectivity index (χ2v) is 3.93. The van der Waals surface area contributed by atoms with Gasteiger partial charge in [-0.25, -0.2) is 0 Å². The van der Waals surface area contributed by atoms with E-state index in [1.165, 1.54) is 0 Å². The van der Waals surface area contributed by atoms with Crippen LogP contribution in [0, 0.1) is 0 Å². The van der Waals surface area contributed by atoms with Gasteiger partial charge < -0.3 is 73.1 Å². The number of carboxylic acid groups (broad SMARTS) is 2. The molecule has 15 heteroatoms. The predicted octanol–water partition coefficient (Wildman–Crippen LogP) is -8.09. The molecule has 14 nitrogen and oxygen atoms in total. The molecule has 0 saturated carbocycles. The topological polar surface area (TPSA) is 360 Å². The number of benzene rings is 2. The first-order chi connectivity index (χ1) is 9.58. The monoisotopic (exact) mass is 483 g/mol. The van der Waals surface area contributed by atoms with Crippen molar-refractivity contribution in [1.82, 2.24) is 0 Å². The van der Waals surface area contributed by atoms with Crippen LogP contribution in [0.3, 0.4) is 0 Å². The zero-order valence-corrected chi connectivity index (χ0v) is 16.2. The molecule has 0 aliphatic heterocycles. The Hall–Kier alpha value is -2.57. The van der Waals surface area contributed by atoms with Crippen LogP contribution in [0.4, 0.5) is 0 Å². The van der Waals surface area contributed by atoms with E-state index < -0.39 is 25.2 Å². The maximum Gasteiger partial charge on any atom is 2.00 e. The van der Waals surface area contributed by atoms with E-state index in [1.54, 1.807) is 36.4 Å². The third-order valence-corrected chi connectivity index (χ3v) is 2.53. The predicted molar refractivity (Wildman–Crippen MR) is 101 cm³/mol. The molecule has 22 N–H and O–H groups in total. The second kappa shape index (κ2) is 23.5. The first-order valence-electron chi connectivity index (χ1n) is 5.75. The van der Waals surface area contributed by atoms with Crippen LogP contribution in [-0.2, 0) is 59.2 Å². The van der Waals surface area contributed by atoms with Gasteiger partial charge in [-0.15, -0.1) is 0 Å². The quantitative estimate of drug-likeness (QED) is 0.358. The molecular formula is C14H32CoO14+6. The summed E-state index contributed by atoms with van der Waals surface area (Å²) in [6, 6.07) is 9.94. The molecule has 0 amide bonds. The zero-order valence-electron chi connectivity index (χ0n) is 15.1. The van der Waals surface area contributed by atoms with E-state index in [-0.39, 0.29) is 60.6 Å². The molecule has 175 valence electrons. The molecule has 0 aliphatic carbocycles. The molecule has 0 bridgehead atoms. The normalized spacial score (nSPS) is 7.03. The van der Waals surface area contributed by atoms with Crippen LogP contribution >= 0.6 is 0 Å². The van der Waals surface area contributed by atoms with Crippen molar-refractivity contribution in [2.75, 3.05) is 13.2 Å². The zero-order chi connectivity index (χ0) is 14.5. The van der Waals surface area contributed by atoms with Gasteiger partial charge in [0.25, 0.3) is 0 Å². The van der Waals surface area contributed by atoms with Gasteiger partial charge >= 0.3 is 16.8 Å². The molecular weight excluding hydrogens is 451 g/mol. The summed E-state index contributed by atoms with van der Waals surface area (Å²) in [5.74, 6) is -1.95. The fraction of sp³-hybridized carbons (Fsp3) is 0.143. The van der Waals surface area contributed by atoms with Crippen molar-refractivity contribution in [1.29, 1.82) is 0 Å². The van der Waals surface area contributed by atoms with Gasteiger partial charge in [-0.2, -0.15) is 0 Å². The Bertz CT molecular complexity index is 609. The SMILES string of the molecule is O.O.O=C([O-])COc1cccc2c(OCC(=O)[O-])cccc12.[Co+2].[OH3+].[OH3+].[OH3+].[OH3+].[OH3+].[OH3+]. The number of ether oxygens (including phenoxy) is 2. The fourth-order valence-corrected chi connectivity index (χ4v) is 1.78. The van der Waals surface area contributed by atoms with E-state index >= 15 is 0 Å². The number of hydrogen-bond acceptors (Lipinski definition) is 6. The molecule has 2 rings (SSSR count). The minimum atomic E-state index is -1.33. The van der Waals surface area contributed by atoms with E-state index in [0.717, 1.165) is 0 Å². The van der Waals surface area contributed by atoms with Gasteiger partial charge in [-0.05, 0) is 12.1 Å². The molecule has 0 heterocycles. The molecule has 0 saturated heterocycles. The van der Waals surface area contributed by atoms with Crippen molar-refractivity contribution in [3.05, 3.63) is 36.4 Å². The van der Waals surface area contributed by atoms with Crippen LogP contribution in [0.1, 0.15) is 0 Å². The molecule has 29 heavy (non-hydrogen) atoms. The third-order valence-electron chi connectivity index (χ3n) is 2.53. The van der Waals surface area contributed by atoms with Crippen molar-refractivity contribution in [2.24, 2.45) is 0 Å². The molecule has 2 aromatic rings. The maximum atomic E-state index is 10.4. The van der Waals surface area contributed by atoms with Crippen LogP contribution in [0.25, 0.3) is 10.8 Å². The number of rotatable bonds is 6. The summed E-state index contributed by atoms with van der Waals surface area (Å²) >= 11 is 0. The number of carboxylic acids is 2. The summed E-state index contributed by atoms with van der Waals surface area (Å²) < 4.78 is 10.2. The van der Waals surface area contributed by atoms with Crippen molar-refractivity contribution >= 4 is 22.7 Å². The minimum absolute atomic E-state index is 0. The number of carbonyl (C=O) groups excluding carboxylic acids is 2. The number of fused-ring (bicyclic) bond motifs is 1. The Morgan fingerprint density at radius 2 is 0.931 bits per heavy atom. The van der Waals surface area contributed by atoms with E-state index in [2.05, 4.69) is 0 Å². The fourth-order valence-electron chi connectivity index (χ4n) is 1.78. The number of hydrogen-bond donors (Lipinski definition) is 0. The van der Waals surface area contributed by atoms with E-state index in [4.69, 9.17) is 9.47 Å². The standard InChI is InChI=1S/C14H12O6.Co.8H2O/c15-13(16)7-19-11-5-1-3-9-10(11)4-2-6-12(9)20-8-14(17)18;;;;;;;;;/h1-6H,7-8H2,(H,15,16)(H,17,18);;8*1H2/q;+2;;;;;;;;/p+4. The molecule has 0 unspecified atom stereocenters. The molecule has 0 aliphatic rings. The minimum Gasteiger partial charge on any atom is -0.546 e. The van der Waals surface area contributed by atoms with E-state index in [0.29, 0.717) is 22.3 Å². The van der Waals surface area contributed by atoms with E-state index in [9.17, 15) is 19.8 Å². The Morgan fingerprint density at radius 3 is 1.17 bits per heavy atom. The summed E-state index contributed by atoms with van der Waals surface area (Å²) in [6.07, 6.45) is 0. The summed E-state index contributed by atoms with van der Waals surface area (Å²) in [7, 11) is 0. The summed E-state index contributed by atoms with van der Waals surface area (Å²) in [4.78, 5) is 20.8. The maximum absolute atomic E-state index is 10.4. The first kappa shape index (κ1) is 50.3. The van der Waals surface area contributed by atoms with Gasteiger partial charge in [-0.3, -0.25) is 0 Å². The van der Waals surface area contributed by atoms with Crippen LogP contribution in [0.5, 0.6) is 11.5 Å². The Kier molecular flexibility index (Phi) is 40.7. The van der Waals surface area contributed by atoms with Gasteiger partial charge in [0.2, 0.25) is 0 Å². The summed E-state index contributed by atoms with van der Waals surface area (Å²) in [6.45, 7) is -1.13. The summed E-state index contributed by atoms with van der Waals surface area (Å²) in [5.41, 5.74) is 0. The van der Waals surface area contributed by atoms with Gasteiger partial charge in [-0.1, -0.05) is 24.3 Å². The van der Waals surface area contributed by atoms with Gasteiger partial charge in [0.05, 0.1) is 11.9 Å². The summed E-state index contributed by atoms with van der Waals surface area (Å²) in [5, 5.41) is 22.1. The molecule has 0 aromatic heterocycles. The molecule has 0 spiro atoms. The van der Waals surface area contributed by atoms with Crippen LogP contribution < -0.4 is 19.7 Å². The second-order valence-electron chi connectivity index (χ2n) is 3.93. The van der Waals surface area contributed by atoms with Crippen molar-refractivity contribution < 1.29 is 89.9 Å². The Labute approximate surface area is 174 Å². The van der Waals surface area contributed by atoms with Gasteiger partial charge in [0, 0.05) is 10.8 Å². The Balaban J connectivity index is -0.0000000817. The van der Waals surface area contributed by atoms with Gasteiger partial charge in [0.15, 0.2) is 0 Å².